The molecule has 212 valence electrons. The fourth-order valence-corrected chi connectivity index (χ4v) is 5.70. The molecule has 0 unspecified atom stereocenters. The minimum Gasteiger partial charge on any atom is -0.451 e. The fraction of sp³-hybridized carbons (Fsp3) is 0.242. The number of piperazine rings is 1. The molecule has 0 radical (unpaired) electrons. The number of nitrogens with two attached hydrogens (primary N) is 1. The number of nitrogens with one attached hydrogen (secondary N) is 1. The average Bonchev–Trinajstić information content (AvgIpc) is 3.63. The van der Waals surface area contributed by atoms with E-state index in [4.69, 9.17) is 10.2 Å². The number of amides is 3. The molecule has 0 saturated carbocycles. The summed E-state index contributed by atoms with van der Waals surface area (Å²) >= 11 is 0. The number of aryl methyl sites for hydroxylation is 1. The van der Waals surface area contributed by atoms with E-state index in [0.29, 0.717) is 16.8 Å². The van der Waals surface area contributed by atoms with E-state index in [-0.39, 0.29) is 5.76 Å². The Morgan fingerprint density at radius 3 is 2.55 bits per heavy atom. The molecule has 1 saturated heterocycles. The Hall–Kier alpha value is -5.07. The molecule has 0 aliphatic carbocycles. The third-order valence-corrected chi connectivity index (χ3v) is 7.95. The molecule has 5 aromatic rings. The summed E-state index contributed by atoms with van der Waals surface area (Å²) in [6.45, 7) is 4.85. The van der Waals surface area contributed by atoms with E-state index in [2.05, 4.69) is 27.0 Å². The first kappa shape index (κ1) is 27.1. The highest BCUT2D eigenvalue weighted by atomic mass is 16.3. The van der Waals surface area contributed by atoms with Crippen molar-refractivity contribution in [1.82, 2.24) is 9.88 Å². The van der Waals surface area contributed by atoms with Crippen molar-refractivity contribution in [2.75, 3.05) is 42.5 Å². The number of furan rings is 1. The molecule has 3 heterocycles. The molecule has 1 aliphatic rings. The van der Waals surface area contributed by atoms with Crippen LogP contribution in [0.25, 0.3) is 21.9 Å². The topological polar surface area (TPSA) is 123 Å². The van der Waals surface area contributed by atoms with Crippen LogP contribution in [0.15, 0.2) is 83.4 Å². The van der Waals surface area contributed by atoms with Crippen molar-refractivity contribution >= 4 is 45.2 Å². The number of fused-ring (bicyclic) bond motifs is 2. The largest absolute Gasteiger partial charge is 0.451 e. The Kier molecular flexibility index (Phi) is 7.62. The highest BCUT2D eigenvalue weighted by molar-refractivity contribution is 6.20. The lowest BCUT2D eigenvalue weighted by molar-refractivity contribution is 0.0971. The number of carbonyl (C=O) groups excluding carboxylic acids is 2. The molecule has 9 heteroatoms. The molecule has 42 heavy (non-hydrogen) atoms. The second-order valence-electron chi connectivity index (χ2n) is 10.6. The first-order valence-electron chi connectivity index (χ1n) is 14.2. The highest BCUT2D eigenvalue weighted by Gasteiger charge is 2.26. The summed E-state index contributed by atoms with van der Waals surface area (Å²) in [5, 5.41) is 11.2. The monoisotopic (exact) mass is 560 g/mol. The molecular formula is C33H32N6O3. The van der Waals surface area contributed by atoms with Gasteiger partial charge >= 0.3 is 11.9 Å². The molecule has 2 aromatic heterocycles. The number of benzene rings is 3. The Morgan fingerprint density at radius 1 is 0.976 bits per heavy atom. The summed E-state index contributed by atoms with van der Waals surface area (Å²) in [5.74, 6) is -0.538. The van der Waals surface area contributed by atoms with Gasteiger partial charge in [-0.3, -0.25) is 9.69 Å². The molecule has 1 fully saturated rings. The maximum Gasteiger partial charge on any atom is 0.326 e. The molecule has 1 aliphatic heterocycles. The number of anilines is 2. The first-order chi connectivity index (χ1) is 20.5. The van der Waals surface area contributed by atoms with Crippen LogP contribution in [0.5, 0.6) is 0 Å². The number of nitriles is 1. The lowest BCUT2D eigenvalue weighted by atomic mass is 10.1. The molecule has 0 bridgehead atoms. The van der Waals surface area contributed by atoms with Gasteiger partial charge in [-0.25, -0.2) is 9.69 Å². The van der Waals surface area contributed by atoms with E-state index in [9.17, 15) is 14.9 Å². The number of rotatable bonds is 8. The van der Waals surface area contributed by atoms with Crippen LogP contribution in [-0.4, -0.2) is 54.5 Å². The van der Waals surface area contributed by atoms with Gasteiger partial charge in [0, 0.05) is 54.4 Å². The lowest BCUT2D eigenvalue weighted by Crippen LogP contribution is -2.46. The number of imide groups is 1. The van der Waals surface area contributed by atoms with Crippen LogP contribution in [0, 0.1) is 11.3 Å². The summed E-state index contributed by atoms with van der Waals surface area (Å²) < 4.78 is 5.82. The molecule has 3 N–H and O–H groups in total. The molecule has 6 rings (SSSR count). The van der Waals surface area contributed by atoms with Crippen molar-refractivity contribution in [2.24, 2.45) is 5.73 Å². The second-order valence-corrected chi connectivity index (χ2v) is 10.6. The molecular weight excluding hydrogens is 528 g/mol. The second kappa shape index (κ2) is 11.8. The summed E-state index contributed by atoms with van der Waals surface area (Å²) in [4.78, 5) is 34.3. The van der Waals surface area contributed by atoms with E-state index < -0.39 is 11.9 Å². The van der Waals surface area contributed by atoms with Crippen LogP contribution in [0.2, 0.25) is 0 Å². The minimum atomic E-state index is -0.864. The predicted molar refractivity (Wildman–Crippen MR) is 164 cm³/mol. The number of carbonyl (C=O) groups is 2. The van der Waals surface area contributed by atoms with Gasteiger partial charge in [0.15, 0.2) is 5.76 Å². The van der Waals surface area contributed by atoms with Gasteiger partial charge < -0.3 is 20.0 Å². The number of hydrogen-bond acceptors (Lipinski definition) is 6. The van der Waals surface area contributed by atoms with E-state index in [1.165, 1.54) is 5.56 Å². The maximum atomic E-state index is 13.1. The smallest absolute Gasteiger partial charge is 0.326 e. The Morgan fingerprint density at radius 2 is 1.79 bits per heavy atom. The van der Waals surface area contributed by atoms with Crippen molar-refractivity contribution < 1.29 is 14.0 Å². The zero-order chi connectivity index (χ0) is 29.1. The maximum absolute atomic E-state index is 13.1. The number of aromatic amines is 1. The van der Waals surface area contributed by atoms with E-state index in [1.54, 1.807) is 36.4 Å². The number of nitrogens with zero attached hydrogens (tertiary/aromatic N) is 4. The third kappa shape index (κ3) is 5.57. The van der Waals surface area contributed by atoms with Crippen molar-refractivity contribution in [2.45, 2.75) is 19.3 Å². The van der Waals surface area contributed by atoms with Crippen LogP contribution >= 0.6 is 0 Å². The molecule has 0 atom stereocenters. The quantitative estimate of drug-likeness (QED) is 0.236. The zero-order valence-electron chi connectivity index (χ0n) is 23.3. The van der Waals surface area contributed by atoms with Gasteiger partial charge in [0.1, 0.15) is 5.58 Å². The Bertz CT molecular complexity index is 1780. The SMILES string of the molecule is N#Cc1ccc2[nH]cc(CCCCN3CCN(c4ccc5oc(C(=O)N(C(N)=O)c6ccccc6)cc5c4)CC3)c2c1. The van der Waals surface area contributed by atoms with Crippen molar-refractivity contribution in [3.05, 3.63) is 95.9 Å². The average molecular weight is 561 g/mol. The third-order valence-electron chi connectivity index (χ3n) is 7.95. The normalized spacial score (nSPS) is 13.8. The lowest BCUT2D eigenvalue weighted by Gasteiger charge is -2.36. The fourth-order valence-electron chi connectivity index (χ4n) is 5.70. The highest BCUT2D eigenvalue weighted by Crippen LogP contribution is 2.28. The number of H-pyrrole nitrogens is 1. The van der Waals surface area contributed by atoms with Crippen molar-refractivity contribution in [1.29, 1.82) is 5.26 Å². The molecule has 3 amide bonds. The summed E-state index contributed by atoms with van der Waals surface area (Å²) in [7, 11) is 0. The van der Waals surface area contributed by atoms with E-state index in [0.717, 1.165) is 78.9 Å². The van der Waals surface area contributed by atoms with Gasteiger partial charge in [-0.2, -0.15) is 5.26 Å². The molecule has 0 spiro atoms. The van der Waals surface area contributed by atoms with Gasteiger partial charge in [-0.1, -0.05) is 18.2 Å². The molecule has 9 nitrogen and oxygen atoms in total. The van der Waals surface area contributed by atoms with Gasteiger partial charge in [-0.05, 0) is 86.0 Å². The van der Waals surface area contributed by atoms with Gasteiger partial charge in [0.05, 0.1) is 17.3 Å². The zero-order valence-corrected chi connectivity index (χ0v) is 23.3. The Labute approximate surface area is 243 Å². The molecule has 3 aromatic carbocycles. The number of para-hydroxylation sites is 1. The van der Waals surface area contributed by atoms with Crippen LogP contribution in [0.4, 0.5) is 16.2 Å². The summed E-state index contributed by atoms with van der Waals surface area (Å²) in [6.07, 6.45) is 5.28. The van der Waals surface area contributed by atoms with Crippen LogP contribution in [0.1, 0.15) is 34.5 Å². The number of unbranched alkanes of at least 4 members (excludes halogenated alkanes) is 1. The van der Waals surface area contributed by atoms with Crippen molar-refractivity contribution in [3.63, 3.8) is 0 Å². The predicted octanol–water partition coefficient (Wildman–Crippen LogP) is 5.66. The minimum absolute atomic E-state index is 0.0627. The van der Waals surface area contributed by atoms with Crippen LogP contribution in [0.3, 0.4) is 0 Å². The van der Waals surface area contributed by atoms with Crippen molar-refractivity contribution in [3.8, 4) is 6.07 Å². The standard InChI is InChI=1S/C33H32N6O3/c34-21-23-9-11-29-28(18-23)24(22-36-29)6-4-5-13-37-14-16-38(17-15-37)27-10-12-30-25(19-27)20-31(42-30)32(40)39(33(35)41)26-7-2-1-3-8-26/h1-3,7-12,18-20,22,36H,4-6,13-17H2,(H2,35,41). The number of aromatic nitrogens is 1. The van der Waals surface area contributed by atoms with E-state index >= 15 is 0 Å². The van der Waals surface area contributed by atoms with Gasteiger partial charge in [0.25, 0.3) is 0 Å². The van der Waals surface area contributed by atoms with Crippen LogP contribution in [-0.2, 0) is 6.42 Å². The summed E-state index contributed by atoms with van der Waals surface area (Å²) in [6, 6.07) is 23.3. The number of primary amides is 1. The van der Waals surface area contributed by atoms with Crippen LogP contribution < -0.4 is 15.5 Å². The van der Waals surface area contributed by atoms with Gasteiger partial charge in [0.2, 0.25) is 0 Å². The summed E-state index contributed by atoms with van der Waals surface area (Å²) in [5.41, 5.74) is 10.6. The Balaban J connectivity index is 1.03. The number of urea groups is 1. The van der Waals surface area contributed by atoms with Gasteiger partial charge in [-0.15, -0.1) is 0 Å². The number of hydrogen-bond donors (Lipinski definition) is 2. The van der Waals surface area contributed by atoms with E-state index in [1.807, 2.05) is 36.4 Å². The first-order valence-corrected chi connectivity index (χ1v) is 14.2.